The number of imidazole rings is 1. The number of carbonyl (C=O) groups is 2. The van der Waals surface area contributed by atoms with E-state index in [9.17, 15) is 18.0 Å². The van der Waals surface area contributed by atoms with Crippen LogP contribution in [0.15, 0.2) is 35.5 Å². The minimum absolute atomic E-state index is 0.0391. The van der Waals surface area contributed by atoms with E-state index in [4.69, 9.17) is 11.6 Å². The van der Waals surface area contributed by atoms with Gasteiger partial charge >= 0.3 is 0 Å². The second-order valence-electron chi connectivity index (χ2n) is 7.87. The molecule has 0 spiro atoms. The smallest absolute Gasteiger partial charge is 0.262 e. The number of hydrogen-bond acceptors (Lipinski definition) is 5. The van der Waals surface area contributed by atoms with Crippen molar-refractivity contribution in [3.63, 3.8) is 0 Å². The van der Waals surface area contributed by atoms with E-state index in [0.29, 0.717) is 42.3 Å². The molecule has 1 aliphatic rings. The van der Waals surface area contributed by atoms with Crippen molar-refractivity contribution in [3.05, 3.63) is 41.3 Å². The van der Waals surface area contributed by atoms with Crippen molar-refractivity contribution in [1.82, 2.24) is 19.2 Å². The molecule has 3 rings (SSSR count). The van der Waals surface area contributed by atoms with Gasteiger partial charge in [0.15, 0.2) is 5.03 Å². The summed E-state index contributed by atoms with van der Waals surface area (Å²) in [5.41, 5.74) is 0.672. The van der Waals surface area contributed by atoms with Crippen molar-refractivity contribution in [2.45, 2.75) is 37.6 Å². The topological polar surface area (TPSA) is 113 Å². The highest BCUT2D eigenvalue weighted by Crippen LogP contribution is 2.23. The Kier molecular flexibility index (Phi) is 7.91. The van der Waals surface area contributed by atoms with E-state index in [1.165, 1.54) is 10.5 Å². The molecule has 174 valence electrons. The summed E-state index contributed by atoms with van der Waals surface area (Å²) in [6.07, 6.45) is 3.20. The predicted molar refractivity (Wildman–Crippen MR) is 122 cm³/mol. The maximum atomic E-state index is 12.8. The highest BCUT2D eigenvalue weighted by Gasteiger charge is 2.33. The summed E-state index contributed by atoms with van der Waals surface area (Å²) < 4.78 is 28.6. The monoisotopic (exact) mass is 481 g/mol. The number of halogens is 1. The zero-order valence-corrected chi connectivity index (χ0v) is 19.7. The first kappa shape index (κ1) is 24.2. The minimum atomic E-state index is -3.65. The van der Waals surface area contributed by atoms with E-state index >= 15 is 0 Å². The summed E-state index contributed by atoms with van der Waals surface area (Å²) in [7, 11) is -1.90. The number of nitrogens with one attached hydrogen (secondary N) is 2. The lowest BCUT2D eigenvalue weighted by atomic mass is 9.97. The van der Waals surface area contributed by atoms with Gasteiger partial charge in [0, 0.05) is 55.9 Å². The maximum absolute atomic E-state index is 12.8. The van der Waals surface area contributed by atoms with Gasteiger partial charge in [-0.15, -0.1) is 0 Å². The third-order valence-electron chi connectivity index (χ3n) is 5.52. The van der Waals surface area contributed by atoms with Gasteiger partial charge in [0.2, 0.25) is 11.8 Å². The molecule has 0 atom stereocenters. The van der Waals surface area contributed by atoms with Crippen LogP contribution in [0, 0.1) is 12.8 Å². The number of amides is 2. The lowest BCUT2D eigenvalue weighted by Crippen LogP contribution is -2.43. The molecule has 1 aliphatic heterocycles. The number of hydrogen-bond donors (Lipinski definition) is 2. The molecule has 9 nitrogen and oxygen atoms in total. The molecule has 32 heavy (non-hydrogen) atoms. The first-order chi connectivity index (χ1) is 15.2. The molecule has 1 fully saturated rings. The van der Waals surface area contributed by atoms with Crippen LogP contribution < -0.4 is 10.6 Å². The van der Waals surface area contributed by atoms with Crippen molar-refractivity contribution in [2.24, 2.45) is 13.0 Å². The summed E-state index contributed by atoms with van der Waals surface area (Å²) in [6.45, 7) is 2.69. The number of sulfonamides is 1. The molecule has 1 aromatic carbocycles. The van der Waals surface area contributed by atoms with E-state index in [0.717, 1.165) is 0 Å². The number of carbonyl (C=O) groups excluding carboxylic acids is 2. The van der Waals surface area contributed by atoms with Gasteiger partial charge in [-0.3, -0.25) is 9.59 Å². The predicted octanol–water partition coefficient (Wildman–Crippen LogP) is 2.32. The summed E-state index contributed by atoms with van der Waals surface area (Å²) in [5, 5.41) is 6.27. The zero-order valence-electron chi connectivity index (χ0n) is 18.2. The Morgan fingerprint density at radius 2 is 1.84 bits per heavy atom. The van der Waals surface area contributed by atoms with Crippen molar-refractivity contribution in [1.29, 1.82) is 0 Å². The molecule has 2 N–H and O–H groups in total. The van der Waals surface area contributed by atoms with Gasteiger partial charge in [0.25, 0.3) is 10.0 Å². The zero-order chi connectivity index (χ0) is 23.3. The number of piperidine rings is 1. The van der Waals surface area contributed by atoms with Crippen molar-refractivity contribution in [2.75, 3.05) is 25.0 Å². The molecule has 0 bridgehead atoms. The van der Waals surface area contributed by atoms with E-state index in [1.54, 1.807) is 42.8 Å². The summed E-state index contributed by atoms with van der Waals surface area (Å²) in [5.74, 6) is 0.146. The average molecular weight is 482 g/mol. The highest BCUT2D eigenvalue weighted by atomic mass is 35.5. The number of aromatic nitrogens is 2. The second-order valence-corrected chi connectivity index (χ2v) is 10.2. The third-order valence-corrected chi connectivity index (χ3v) is 7.55. The first-order valence-corrected chi connectivity index (χ1v) is 12.3. The Hall–Kier alpha value is -2.43. The van der Waals surface area contributed by atoms with E-state index in [2.05, 4.69) is 15.6 Å². The maximum Gasteiger partial charge on any atom is 0.262 e. The molecule has 11 heteroatoms. The van der Waals surface area contributed by atoms with Crippen LogP contribution >= 0.6 is 11.6 Å². The Morgan fingerprint density at radius 3 is 2.44 bits per heavy atom. The quantitative estimate of drug-likeness (QED) is 0.562. The molecule has 2 heterocycles. The molecule has 0 aliphatic carbocycles. The number of anilines is 1. The van der Waals surface area contributed by atoms with E-state index < -0.39 is 10.0 Å². The Labute approximate surface area is 193 Å². The molecular formula is C21H28ClN5O4S. The van der Waals surface area contributed by atoms with Crippen LogP contribution in [0.5, 0.6) is 0 Å². The molecule has 1 saturated heterocycles. The fraction of sp³-hybridized carbons (Fsp3) is 0.476. The number of rotatable bonds is 8. The largest absolute Gasteiger partial charge is 0.356 e. The Morgan fingerprint density at radius 1 is 1.19 bits per heavy atom. The van der Waals surface area contributed by atoms with Crippen LogP contribution in [0.1, 0.15) is 31.5 Å². The third kappa shape index (κ3) is 6.08. The van der Waals surface area contributed by atoms with Gasteiger partial charge in [-0.2, -0.15) is 4.31 Å². The normalized spacial score (nSPS) is 15.5. The SMILES string of the molecule is Cc1nc(S(=O)(=O)N2CCC(C(=O)NCCCC(=O)Nc3ccc(Cl)cc3)CC2)cn1C. The van der Waals surface area contributed by atoms with Gasteiger partial charge in [-0.1, -0.05) is 11.6 Å². The molecular weight excluding hydrogens is 454 g/mol. The van der Waals surface area contributed by atoms with Gasteiger partial charge in [0.1, 0.15) is 5.82 Å². The van der Waals surface area contributed by atoms with Crippen LogP contribution in [0.25, 0.3) is 0 Å². The summed E-state index contributed by atoms with van der Waals surface area (Å²) >= 11 is 5.82. The van der Waals surface area contributed by atoms with Gasteiger partial charge in [-0.05, 0) is 50.5 Å². The van der Waals surface area contributed by atoms with Crippen molar-refractivity contribution >= 4 is 39.1 Å². The Balaban J connectivity index is 1.38. The van der Waals surface area contributed by atoms with Crippen LogP contribution in [0.3, 0.4) is 0 Å². The van der Waals surface area contributed by atoms with Crippen molar-refractivity contribution in [3.8, 4) is 0 Å². The summed E-state index contributed by atoms with van der Waals surface area (Å²) in [4.78, 5) is 28.5. The van der Waals surface area contributed by atoms with E-state index in [-0.39, 0.29) is 42.3 Å². The second kappa shape index (κ2) is 10.5. The van der Waals surface area contributed by atoms with Crippen molar-refractivity contribution < 1.29 is 18.0 Å². The van der Waals surface area contributed by atoms with Gasteiger partial charge in [-0.25, -0.2) is 13.4 Å². The fourth-order valence-electron chi connectivity index (χ4n) is 3.50. The minimum Gasteiger partial charge on any atom is -0.356 e. The Bertz CT molecular complexity index is 1040. The first-order valence-electron chi connectivity index (χ1n) is 10.5. The van der Waals surface area contributed by atoms with E-state index in [1.807, 2.05) is 0 Å². The van der Waals surface area contributed by atoms with Crippen LogP contribution in [0.2, 0.25) is 5.02 Å². The number of nitrogens with zero attached hydrogens (tertiary/aromatic N) is 3. The van der Waals surface area contributed by atoms with Gasteiger partial charge < -0.3 is 15.2 Å². The standard InChI is InChI=1S/C21H28ClN5O4S/c1-15-24-20(14-26(15)2)32(30,31)27-12-9-16(10-13-27)21(29)23-11-3-4-19(28)25-18-7-5-17(22)6-8-18/h5-8,14,16H,3-4,9-13H2,1-2H3,(H,23,29)(H,25,28). The lowest BCUT2D eigenvalue weighted by Gasteiger charge is -2.29. The molecule has 0 unspecified atom stereocenters. The average Bonchev–Trinajstić information content (AvgIpc) is 3.12. The lowest BCUT2D eigenvalue weighted by molar-refractivity contribution is -0.126. The molecule has 2 amide bonds. The van der Waals surface area contributed by atoms with Gasteiger partial charge in [0.05, 0.1) is 0 Å². The van der Waals surface area contributed by atoms with Crippen LogP contribution in [-0.4, -0.2) is 53.7 Å². The molecule has 0 radical (unpaired) electrons. The number of aryl methyl sites for hydroxylation is 2. The molecule has 0 saturated carbocycles. The fourth-order valence-corrected chi connectivity index (χ4v) is 5.12. The van der Waals surface area contributed by atoms with Crippen LogP contribution in [0.4, 0.5) is 5.69 Å². The molecule has 1 aromatic heterocycles. The van der Waals surface area contributed by atoms with Crippen LogP contribution in [-0.2, 0) is 26.7 Å². The summed E-state index contributed by atoms with van der Waals surface area (Å²) in [6, 6.07) is 6.85. The number of benzene rings is 1. The molecule has 2 aromatic rings. The highest BCUT2D eigenvalue weighted by molar-refractivity contribution is 7.89.